The number of aliphatic hydroxyl groups excluding tert-OH is 3. The Morgan fingerprint density at radius 3 is 2.00 bits per heavy atom. The van der Waals surface area contributed by atoms with Gasteiger partial charge in [-0.15, -0.1) is 0 Å². The molecule has 0 radical (unpaired) electrons. The number of ketones is 1. The van der Waals surface area contributed by atoms with Crippen LogP contribution in [0.5, 0.6) is 0 Å². The molecule has 4 heteroatoms. The maximum Gasteiger partial charge on any atom is 0.166 e. The molecule has 0 aliphatic heterocycles. The second kappa shape index (κ2) is 2.06. The zero-order valence-corrected chi connectivity index (χ0v) is 4.69. The zero-order valence-electron chi connectivity index (χ0n) is 4.69. The van der Waals surface area contributed by atoms with Crippen molar-refractivity contribution in [3.8, 4) is 0 Å². The van der Waals surface area contributed by atoms with E-state index in [1.807, 2.05) is 0 Å². The van der Waals surface area contributed by atoms with Crippen LogP contribution in [0, 0.1) is 0 Å². The number of carbonyl (C=O) groups excluding carboxylic acids is 1. The van der Waals surface area contributed by atoms with E-state index in [9.17, 15) is 4.79 Å². The Balaban J connectivity index is 2.65. The van der Waals surface area contributed by atoms with Gasteiger partial charge in [-0.1, -0.05) is 0 Å². The van der Waals surface area contributed by atoms with E-state index < -0.39 is 24.1 Å². The summed E-state index contributed by atoms with van der Waals surface area (Å²) in [6.07, 6.45) is -3.87. The van der Waals surface area contributed by atoms with E-state index in [1.54, 1.807) is 0 Å². The van der Waals surface area contributed by atoms with Gasteiger partial charge in [0.2, 0.25) is 0 Å². The van der Waals surface area contributed by atoms with Gasteiger partial charge in [0.25, 0.3) is 0 Å². The molecule has 1 aliphatic carbocycles. The lowest BCUT2D eigenvalue weighted by atomic mass is 10.2. The summed E-state index contributed by atoms with van der Waals surface area (Å²) in [6, 6.07) is 0. The highest BCUT2D eigenvalue weighted by Gasteiger charge is 2.38. The normalized spacial score (nSPS) is 43.9. The Bertz CT molecular complexity index is 133. The van der Waals surface area contributed by atoms with Crippen molar-refractivity contribution in [2.24, 2.45) is 0 Å². The predicted molar refractivity (Wildman–Crippen MR) is 27.6 cm³/mol. The number of carbonyl (C=O) groups is 1. The summed E-state index contributed by atoms with van der Waals surface area (Å²) in [4.78, 5) is 10.4. The van der Waals surface area contributed by atoms with Gasteiger partial charge in [-0.2, -0.15) is 0 Å². The van der Waals surface area contributed by atoms with E-state index >= 15 is 0 Å². The molecule has 0 spiro atoms. The summed E-state index contributed by atoms with van der Waals surface area (Å²) in [5, 5.41) is 26.1. The van der Waals surface area contributed by atoms with Crippen LogP contribution in [0.1, 0.15) is 6.42 Å². The molecule has 3 unspecified atom stereocenters. The summed E-state index contributed by atoms with van der Waals surface area (Å²) in [5.74, 6) is -0.491. The van der Waals surface area contributed by atoms with Crippen molar-refractivity contribution in [3.63, 3.8) is 0 Å². The molecular formula is C5H8O4. The minimum atomic E-state index is -1.38. The first-order chi connectivity index (χ1) is 4.13. The van der Waals surface area contributed by atoms with Crippen LogP contribution in [0.25, 0.3) is 0 Å². The molecule has 0 heterocycles. The Morgan fingerprint density at radius 2 is 1.89 bits per heavy atom. The van der Waals surface area contributed by atoms with Gasteiger partial charge in [0.1, 0.15) is 12.2 Å². The SMILES string of the molecule is O=C1CC(O)C(O)C1O. The molecular weight excluding hydrogens is 124 g/mol. The van der Waals surface area contributed by atoms with Gasteiger partial charge in [-0.05, 0) is 0 Å². The Morgan fingerprint density at radius 1 is 1.33 bits per heavy atom. The van der Waals surface area contributed by atoms with E-state index in [2.05, 4.69) is 0 Å². The molecule has 1 rings (SSSR count). The second-order valence-corrected chi connectivity index (χ2v) is 2.17. The standard InChI is InChI=1S/C5H8O4/c6-2-1-3(7)5(9)4(2)8/h2,4-6,8-9H,1H2. The van der Waals surface area contributed by atoms with E-state index in [0.29, 0.717) is 0 Å². The first kappa shape index (κ1) is 6.67. The minimum Gasteiger partial charge on any atom is -0.390 e. The monoisotopic (exact) mass is 132 g/mol. The number of aliphatic hydroxyl groups is 3. The van der Waals surface area contributed by atoms with Crippen LogP contribution in [0.4, 0.5) is 0 Å². The molecule has 9 heavy (non-hydrogen) atoms. The maximum atomic E-state index is 10.4. The maximum absolute atomic E-state index is 10.4. The van der Waals surface area contributed by atoms with Crippen LogP contribution in [0.15, 0.2) is 0 Å². The lowest BCUT2D eigenvalue weighted by molar-refractivity contribution is -0.126. The third kappa shape index (κ3) is 0.962. The van der Waals surface area contributed by atoms with Crippen molar-refractivity contribution in [2.45, 2.75) is 24.7 Å². The summed E-state index contributed by atoms with van der Waals surface area (Å²) in [7, 11) is 0. The van der Waals surface area contributed by atoms with Crippen LogP contribution in [0.3, 0.4) is 0 Å². The number of rotatable bonds is 0. The molecule has 0 amide bonds. The van der Waals surface area contributed by atoms with Crippen LogP contribution in [0.2, 0.25) is 0 Å². The highest BCUT2D eigenvalue weighted by molar-refractivity contribution is 5.86. The average Bonchev–Trinajstić information content (AvgIpc) is 1.98. The highest BCUT2D eigenvalue weighted by Crippen LogP contribution is 2.15. The first-order valence-corrected chi connectivity index (χ1v) is 2.70. The van der Waals surface area contributed by atoms with Gasteiger partial charge in [-0.25, -0.2) is 0 Å². The Labute approximate surface area is 51.7 Å². The molecule has 52 valence electrons. The minimum absolute atomic E-state index is 0.137. The largest absolute Gasteiger partial charge is 0.390 e. The fourth-order valence-electron chi connectivity index (χ4n) is 0.848. The average molecular weight is 132 g/mol. The Hall–Kier alpha value is -0.450. The molecule has 4 nitrogen and oxygen atoms in total. The van der Waals surface area contributed by atoms with E-state index in [4.69, 9.17) is 15.3 Å². The second-order valence-electron chi connectivity index (χ2n) is 2.17. The van der Waals surface area contributed by atoms with Crippen molar-refractivity contribution in [3.05, 3.63) is 0 Å². The molecule has 1 aliphatic rings. The van der Waals surface area contributed by atoms with Gasteiger partial charge in [0.15, 0.2) is 5.78 Å². The smallest absolute Gasteiger partial charge is 0.166 e. The van der Waals surface area contributed by atoms with Crippen molar-refractivity contribution in [1.29, 1.82) is 0 Å². The fraction of sp³-hybridized carbons (Fsp3) is 0.800. The third-order valence-corrected chi connectivity index (χ3v) is 1.46. The van der Waals surface area contributed by atoms with Crippen molar-refractivity contribution in [1.82, 2.24) is 0 Å². The van der Waals surface area contributed by atoms with Crippen LogP contribution < -0.4 is 0 Å². The van der Waals surface area contributed by atoms with Gasteiger partial charge < -0.3 is 15.3 Å². The molecule has 3 atom stereocenters. The molecule has 0 aromatic carbocycles. The number of Topliss-reactive ketones (excluding diaryl/α,β-unsaturated/α-hetero) is 1. The van der Waals surface area contributed by atoms with Gasteiger partial charge in [0, 0.05) is 6.42 Å². The predicted octanol–water partition coefficient (Wildman–Crippen LogP) is -1.96. The fourth-order valence-corrected chi connectivity index (χ4v) is 0.848. The lowest BCUT2D eigenvalue weighted by Gasteiger charge is -2.07. The van der Waals surface area contributed by atoms with Crippen molar-refractivity contribution < 1.29 is 20.1 Å². The third-order valence-electron chi connectivity index (χ3n) is 1.46. The van der Waals surface area contributed by atoms with E-state index in [0.717, 1.165) is 0 Å². The first-order valence-electron chi connectivity index (χ1n) is 2.70. The van der Waals surface area contributed by atoms with Crippen molar-refractivity contribution in [2.75, 3.05) is 0 Å². The quantitative estimate of drug-likeness (QED) is 0.357. The summed E-state index contributed by atoms with van der Waals surface area (Å²) in [6.45, 7) is 0. The number of hydrogen-bond donors (Lipinski definition) is 3. The van der Waals surface area contributed by atoms with Crippen LogP contribution in [-0.2, 0) is 4.79 Å². The molecule has 0 aromatic rings. The van der Waals surface area contributed by atoms with Gasteiger partial charge in [-0.3, -0.25) is 4.79 Å². The molecule has 0 aromatic heterocycles. The summed E-state index contributed by atoms with van der Waals surface area (Å²) in [5.41, 5.74) is 0. The van der Waals surface area contributed by atoms with E-state index in [-0.39, 0.29) is 6.42 Å². The molecule has 1 fully saturated rings. The molecule has 0 bridgehead atoms. The molecule has 0 saturated heterocycles. The highest BCUT2D eigenvalue weighted by atomic mass is 16.4. The lowest BCUT2D eigenvalue weighted by Crippen LogP contribution is -2.30. The van der Waals surface area contributed by atoms with Crippen LogP contribution >= 0.6 is 0 Å². The zero-order chi connectivity index (χ0) is 7.02. The molecule has 3 N–H and O–H groups in total. The van der Waals surface area contributed by atoms with Gasteiger partial charge in [0.05, 0.1) is 6.10 Å². The van der Waals surface area contributed by atoms with Crippen LogP contribution in [-0.4, -0.2) is 39.4 Å². The topological polar surface area (TPSA) is 77.8 Å². The Kier molecular flexibility index (Phi) is 1.52. The van der Waals surface area contributed by atoms with E-state index in [1.165, 1.54) is 0 Å². The molecule has 1 saturated carbocycles. The summed E-state index contributed by atoms with van der Waals surface area (Å²) < 4.78 is 0. The van der Waals surface area contributed by atoms with Crippen molar-refractivity contribution >= 4 is 5.78 Å². The summed E-state index contributed by atoms with van der Waals surface area (Å²) >= 11 is 0. The van der Waals surface area contributed by atoms with Gasteiger partial charge >= 0.3 is 0 Å². The number of hydrogen-bond acceptors (Lipinski definition) is 4.